The van der Waals surface area contributed by atoms with E-state index in [-0.39, 0.29) is 28.5 Å². The number of thioether (sulfide) groups is 2. The average molecular weight is 560 g/mol. The van der Waals surface area contributed by atoms with Crippen molar-refractivity contribution in [2.45, 2.75) is 33.3 Å². The van der Waals surface area contributed by atoms with E-state index < -0.39 is 0 Å². The number of urea groups is 1. The van der Waals surface area contributed by atoms with E-state index in [9.17, 15) is 9.59 Å². The minimum Gasteiger partial charge on any atom is -0.497 e. The van der Waals surface area contributed by atoms with Gasteiger partial charge in [-0.3, -0.25) is 9.69 Å². The van der Waals surface area contributed by atoms with Crippen LogP contribution in [-0.4, -0.2) is 42.7 Å². The molecule has 3 atom stereocenters. The number of ether oxygens (including phenoxy) is 2. The maximum atomic E-state index is 13.6. The molecule has 0 saturated carbocycles. The lowest BCUT2D eigenvalue weighted by atomic mass is 10.1. The van der Waals surface area contributed by atoms with E-state index in [4.69, 9.17) is 9.47 Å². The number of hydrogen-bond donors (Lipinski definition) is 2. The van der Waals surface area contributed by atoms with Gasteiger partial charge in [-0.15, -0.1) is 23.5 Å². The summed E-state index contributed by atoms with van der Waals surface area (Å²) in [5, 5.41) is 5.76. The number of amides is 3. The Morgan fingerprint density at radius 1 is 0.897 bits per heavy atom. The summed E-state index contributed by atoms with van der Waals surface area (Å²) in [6.07, 6.45) is 8.22. The van der Waals surface area contributed by atoms with Crippen molar-refractivity contribution in [1.29, 1.82) is 0 Å². The molecule has 200 valence electrons. The summed E-state index contributed by atoms with van der Waals surface area (Å²) in [6.45, 7) is 1.84. The second-order valence-corrected chi connectivity index (χ2v) is 11.6. The smallest absolute Gasteiger partial charge is 0.326 e. The van der Waals surface area contributed by atoms with E-state index in [0.29, 0.717) is 22.9 Å². The molecule has 3 aromatic rings. The van der Waals surface area contributed by atoms with Crippen LogP contribution in [0.4, 0.5) is 21.9 Å². The van der Waals surface area contributed by atoms with Crippen LogP contribution in [-0.2, 0) is 4.79 Å². The maximum absolute atomic E-state index is 13.6. The molecule has 9 heteroatoms. The zero-order chi connectivity index (χ0) is 27.4. The van der Waals surface area contributed by atoms with Crippen molar-refractivity contribution in [3.63, 3.8) is 0 Å². The zero-order valence-corrected chi connectivity index (χ0v) is 23.4. The number of benzene rings is 3. The highest BCUT2D eigenvalue weighted by atomic mass is 32.2. The molecule has 0 spiro atoms. The fraction of sp³-hybridized carbons (Fsp3) is 0.200. The number of carbonyl (C=O) groups excluding carboxylic acids is 2. The first-order valence-electron chi connectivity index (χ1n) is 12.5. The van der Waals surface area contributed by atoms with Crippen molar-refractivity contribution in [1.82, 2.24) is 0 Å². The van der Waals surface area contributed by atoms with Crippen LogP contribution in [0.2, 0.25) is 0 Å². The first kappa shape index (κ1) is 26.8. The zero-order valence-electron chi connectivity index (χ0n) is 21.8. The predicted molar refractivity (Wildman–Crippen MR) is 160 cm³/mol. The molecule has 0 aromatic heterocycles. The number of hydrogen-bond acceptors (Lipinski definition) is 6. The van der Waals surface area contributed by atoms with Gasteiger partial charge in [0.1, 0.15) is 11.5 Å². The number of rotatable bonds is 7. The topological polar surface area (TPSA) is 79.9 Å². The summed E-state index contributed by atoms with van der Waals surface area (Å²) < 4.78 is 10.6. The van der Waals surface area contributed by atoms with Gasteiger partial charge < -0.3 is 20.1 Å². The number of fused-ring (bicyclic) bond motifs is 2. The van der Waals surface area contributed by atoms with Gasteiger partial charge in [0, 0.05) is 39.4 Å². The van der Waals surface area contributed by atoms with E-state index in [1.165, 1.54) is 11.8 Å². The highest BCUT2D eigenvalue weighted by molar-refractivity contribution is 8.00. The quantitative estimate of drug-likeness (QED) is 0.309. The van der Waals surface area contributed by atoms with Crippen LogP contribution in [0.25, 0.3) is 0 Å². The number of carbonyl (C=O) groups is 2. The van der Waals surface area contributed by atoms with Crippen molar-refractivity contribution in [3.8, 4) is 11.5 Å². The monoisotopic (exact) mass is 559 g/mol. The largest absolute Gasteiger partial charge is 0.497 e. The summed E-state index contributed by atoms with van der Waals surface area (Å²) in [7, 11) is 3.13. The van der Waals surface area contributed by atoms with Crippen LogP contribution < -0.4 is 25.0 Å². The molecule has 0 saturated heterocycles. The van der Waals surface area contributed by atoms with Crippen molar-refractivity contribution in [2.24, 2.45) is 0 Å². The van der Waals surface area contributed by atoms with Crippen molar-refractivity contribution in [2.75, 3.05) is 29.8 Å². The molecular formula is C30H29N3O4S2. The van der Waals surface area contributed by atoms with Gasteiger partial charge in [0.15, 0.2) is 0 Å². The minimum absolute atomic E-state index is 0.0774. The van der Waals surface area contributed by atoms with Gasteiger partial charge in [0.25, 0.3) is 0 Å². The van der Waals surface area contributed by atoms with Gasteiger partial charge in [0.2, 0.25) is 5.91 Å². The Hall–Kier alpha value is -3.82. The first-order chi connectivity index (χ1) is 18.9. The summed E-state index contributed by atoms with van der Waals surface area (Å²) in [6, 6.07) is 20.5. The van der Waals surface area contributed by atoms with Crippen molar-refractivity contribution >= 4 is 52.5 Å². The molecule has 0 radical (unpaired) electrons. The first-order valence-corrected chi connectivity index (χ1v) is 14.2. The standard InChI is InChI=1S/C30H29N3O4S2/c1-19(29(34)31-21-15-22(36-2)18-23(16-21)37-3)38-24-10-8-9-20(17-24)32-30(35)33-25-11-4-6-13-27(25)39-28-14-7-5-12-26(28)33/h4-19,25,27H,1-3H3,(H,31,34)(H,32,35). The molecule has 1 aliphatic carbocycles. The van der Waals surface area contributed by atoms with Crippen molar-refractivity contribution in [3.05, 3.63) is 91.0 Å². The summed E-state index contributed by atoms with van der Waals surface area (Å²) in [5.41, 5.74) is 2.15. The molecular weight excluding hydrogens is 530 g/mol. The summed E-state index contributed by atoms with van der Waals surface area (Å²) in [5.74, 6) is 1.03. The lowest BCUT2D eigenvalue weighted by Gasteiger charge is -2.40. The number of allylic oxidation sites excluding steroid dienone is 2. The van der Waals surface area contributed by atoms with E-state index in [1.54, 1.807) is 44.2 Å². The molecule has 7 nitrogen and oxygen atoms in total. The highest BCUT2D eigenvalue weighted by Gasteiger charge is 2.36. The second kappa shape index (κ2) is 11.9. The van der Waals surface area contributed by atoms with Gasteiger partial charge in [-0.1, -0.05) is 42.5 Å². The fourth-order valence-corrected chi connectivity index (χ4v) is 6.62. The molecule has 39 heavy (non-hydrogen) atoms. The van der Waals surface area contributed by atoms with Crippen LogP contribution in [0, 0.1) is 0 Å². The van der Waals surface area contributed by atoms with Gasteiger partial charge in [-0.05, 0) is 37.3 Å². The van der Waals surface area contributed by atoms with E-state index in [0.717, 1.165) is 15.5 Å². The van der Waals surface area contributed by atoms with Crippen molar-refractivity contribution < 1.29 is 19.1 Å². The van der Waals surface area contributed by atoms with E-state index in [2.05, 4.69) is 22.8 Å². The number of para-hydroxylation sites is 1. The van der Waals surface area contributed by atoms with Gasteiger partial charge >= 0.3 is 6.03 Å². The molecule has 1 aliphatic heterocycles. The van der Waals surface area contributed by atoms with Gasteiger partial charge in [0.05, 0.1) is 36.4 Å². The number of nitrogens with zero attached hydrogens (tertiary/aromatic N) is 1. The van der Waals surface area contributed by atoms with E-state index in [1.807, 2.05) is 72.5 Å². The van der Waals surface area contributed by atoms with Crippen LogP contribution in [0.3, 0.4) is 0 Å². The third-order valence-electron chi connectivity index (χ3n) is 6.35. The Balaban J connectivity index is 1.27. The van der Waals surface area contributed by atoms with Crippen LogP contribution in [0.15, 0.2) is 101 Å². The van der Waals surface area contributed by atoms with Gasteiger partial charge in [-0.2, -0.15) is 0 Å². The number of methoxy groups -OCH3 is 2. The van der Waals surface area contributed by atoms with Crippen LogP contribution in [0.1, 0.15) is 6.92 Å². The van der Waals surface area contributed by atoms with Crippen LogP contribution in [0.5, 0.6) is 11.5 Å². The Labute approximate surface area is 236 Å². The highest BCUT2D eigenvalue weighted by Crippen LogP contribution is 2.43. The third kappa shape index (κ3) is 6.10. The summed E-state index contributed by atoms with van der Waals surface area (Å²) >= 11 is 3.18. The molecule has 3 aromatic carbocycles. The average Bonchev–Trinajstić information content (AvgIpc) is 2.95. The lowest BCUT2D eigenvalue weighted by Crippen LogP contribution is -2.49. The molecule has 1 heterocycles. The van der Waals surface area contributed by atoms with Crippen LogP contribution >= 0.6 is 23.5 Å². The Kier molecular flexibility index (Phi) is 8.18. The fourth-order valence-electron chi connectivity index (χ4n) is 4.44. The summed E-state index contributed by atoms with van der Waals surface area (Å²) in [4.78, 5) is 30.3. The molecule has 5 rings (SSSR count). The second-order valence-electron chi connectivity index (χ2n) is 8.99. The Morgan fingerprint density at radius 3 is 2.41 bits per heavy atom. The predicted octanol–water partition coefficient (Wildman–Crippen LogP) is 6.83. The molecule has 3 unspecified atom stereocenters. The molecule has 0 bridgehead atoms. The normalized spacial score (nSPS) is 18.0. The maximum Gasteiger partial charge on any atom is 0.326 e. The number of nitrogens with one attached hydrogen (secondary N) is 2. The molecule has 3 amide bonds. The third-order valence-corrected chi connectivity index (χ3v) is 8.75. The molecule has 0 fully saturated rings. The van der Waals surface area contributed by atoms with E-state index >= 15 is 0 Å². The Bertz CT molecular complexity index is 1420. The lowest BCUT2D eigenvalue weighted by molar-refractivity contribution is -0.115. The SMILES string of the molecule is COc1cc(NC(=O)C(C)Sc2cccc(NC(=O)N3c4ccccc4SC4C=CC=CC43)c2)cc(OC)c1. The Morgan fingerprint density at radius 2 is 1.64 bits per heavy atom. The van der Waals surface area contributed by atoms with Gasteiger partial charge in [-0.25, -0.2) is 4.79 Å². The number of anilines is 3. The minimum atomic E-state index is -0.390. The molecule has 2 aliphatic rings. The molecule has 2 N–H and O–H groups in total.